The third-order valence-corrected chi connectivity index (χ3v) is 3.55. The molecular formula is C16H24N2O2. The second-order valence-electron chi connectivity index (χ2n) is 5.85. The van der Waals surface area contributed by atoms with Gasteiger partial charge in [0, 0.05) is 12.6 Å². The summed E-state index contributed by atoms with van der Waals surface area (Å²) in [5.74, 6) is 1.12. The molecule has 1 atom stereocenters. The van der Waals surface area contributed by atoms with Crippen LogP contribution in [-0.4, -0.2) is 19.1 Å². The average molecular weight is 276 g/mol. The minimum absolute atomic E-state index is 0.0670. The number of ether oxygens (including phenoxy) is 1. The quantitative estimate of drug-likeness (QED) is 0.866. The number of amides is 1. The van der Waals surface area contributed by atoms with E-state index in [2.05, 4.69) is 19.2 Å². The number of nitrogens with two attached hydrogens (primary N) is 1. The summed E-state index contributed by atoms with van der Waals surface area (Å²) in [6, 6.07) is 6.09. The van der Waals surface area contributed by atoms with E-state index < -0.39 is 0 Å². The van der Waals surface area contributed by atoms with Crippen molar-refractivity contribution in [3.63, 3.8) is 0 Å². The lowest BCUT2D eigenvalue weighted by atomic mass is 9.88. The highest BCUT2D eigenvalue weighted by Gasteiger charge is 2.17. The molecule has 2 rings (SSSR count). The van der Waals surface area contributed by atoms with Gasteiger partial charge in [0.2, 0.25) is 0 Å². The van der Waals surface area contributed by atoms with Crippen LogP contribution in [0.15, 0.2) is 18.2 Å². The Balaban J connectivity index is 1.89. The minimum atomic E-state index is -0.0758. The van der Waals surface area contributed by atoms with Gasteiger partial charge in [-0.3, -0.25) is 4.79 Å². The fraction of sp³-hybridized carbons (Fsp3) is 0.562. The molecule has 0 aliphatic heterocycles. The number of fused-ring (bicyclic) bond motifs is 1. The molecule has 4 nitrogen and oxygen atoms in total. The van der Waals surface area contributed by atoms with Crippen molar-refractivity contribution >= 4 is 5.91 Å². The van der Waals surface area contributed by atoms with Crippen molar-refractivity contribution in [3.8, 4) is 5.75 Å². The molecule has 1 unspecified atom stereocenters. The van der Waals surface area contributed by atoms with Gasteiger partial charge >= 0.3 is 0 Å². The third-order valence-electron chi connectivity index (χ3n) is 3.55. The molecule has 0 radical (unpaired) electrons. The zero-order chi connectivity index (χ0) is 14.5. The predicted octanol–water partition coefficient (Wildman–Crippen LogP) is 2.17. The fourth-order valence-electron chi connectivity index (χ4n) is 2.44. The maximum atomic E-state index is 11.6. The Hall–Kier alpha value is -1.55. The van der Waals surface area contributed by atoms with Crippen LogP contribution in [0.4, 0.5) is 0 Å². The van der Waals surface area contributed by atoms with E-state index in [-0.39, 0.29) is 18.6 Å². The van der Waals surface area contributed by atoms with Gasteiger partial charge in [0.1, 0.15) is 5.75 Å². The molecule has 0 saturated heterocycles. The predicted molar refractivity (Wildman–Crippen MR) is 79.7 cm³/mol. The van der Waals surface area contributed by atoms with Crippen LogP contribution in [0.5, 0.6) is 5.75 Å². The summed E-state index contributed by atoms with van der Waals surface area (Å²) in [7, 11) is 0. The highest BCUT2D eigenvalue weighted by Crippen LogP contribution is 2.30. The molecule has 0 saturated carbocycles. The molecule has 1 aliphatic rings. The summed E-state index contributed by atoms with van der Waals surface area (Å²) in [5.41, 5.74) is 8.55. The van der Waals surface area contributed by atoms with Gasteiger partial charge in [-0.15, -0.1) is 0 Å². The smallest absolute Gasteiger partial charge is 0.257 e. The van der Waals surface area contributed by atoms with Gasteiger partial charge in [-0.05, 0) is 48.4 Å². The first-order chi connectivity index (χ1) is 9.56. The lowest BCUT2D eigenvalue weighted by molar-refractivity contribution is -0.123. The Morgan fingerprint density at radius 2 is 2.30 bits per heavy atom. The minimum Gasteiger partial charge on any atom is -0.484 e. The Kier molecular flexibility index (Phi) is 5.01. The normalized spacial score (nSPS) is 17.7. The van der Waals surface area contributed by atoms with E-state index in [1.54, 1.807) is 0 Å². The molecule has 0 heterocycles. The number of aryl methyl sites for hydroxylation is 1. The zero-order valence-electron chi connectivity index (χ0n) is 12.3. The van der Waals surface area contributed by atoms with E-state index in [1.165, 1.54) is 11.1 Å². The van der Waals surface area contributed by atoms with Crippen molar-refractivity contribution in [2.75, 3.05) is 13.2 Å². The van der Waals surface area contributed by atoms with Crippen LogP contribution in [-0.2, 0) is 11.2 Å². The molecule has 1 amide bonds. The number of carbonyl (C=O) groups excluding carboxylic acids is 1. The van der Waals surface area contributed by atoms with Crippen molar-refractivity contribution in [1.29, 1.82) is 0 Å². The molecule has 1 aromatic carbocycles. The Bertz CT molecular complexity index is 472. The summed E-state index contributed by atoms with van der Waals surface area (Å²) < 4.78 is 5.55. The Morgan fingerprint density at radius 1 is 1.50 bits per heavy atom. The third kappa shape index (κ3) is 3.97. The summed E-state index contributed by atoms with van der Waals surface area (Å²) in [4.78, 5) is 11.6. The molecule has 1 aromatic rings. The second kappa shape index (κ2) is 6.75. The molecule has 3 N–H and O–H groups in total. The van der Waals surface area contributed by atoms with Crippen LogP contribution < -0.4 is 15.8 Å². The van der Waals surface area contributed by atoms with E-state index in [1.807, 2.05) is 18.2 Å². The van der Waals surface area contributed by atoms with E-state index in [4.69, 9.17) is 10.5 Å². The second-order valence-corrected chi connectivity index (χ2v) is 5.85. The summed E-state index contributed by atoms with van der Waals surface area (Å²) >= 11 is 0. The summed E-state index contributed by atoms with van der Waals surface area (Å²) in [5, 5.41) is 2.84. The molecule has 0 fully saturated rings. The highest BCUT2D eigenvalue weighted by atomic mass is 16.5. The van der Waals surface area contributed by atoms with Crippen molar-refractivity contribution < 1.29 is 9.53 Å². The molecule has 0 spiro atoms. The van der Waals surface area contributed by atoms with Gasteiger partial charge in [0.25, 0.3) is 5.91 Å². The molecule has 110 valence electrons. The van der Waals surface area contributed by atoms with Crippen LogP contribution in [0.1, 0.15) is 43.9 Å². The first kappa shape index (κ1) is 14.9. The van der Waals surface area contributed by atoms with Gasteiger partial charge in [-0.2, -0.15) is 0 Å². The van der Waals surface area contributed by atoms with Crippen molar-refractivity contribution in [1.82, 2.24) is 5.32 Å². The van der Waals surface area contributed by atoms with Crippen LogP contribution >= 0.6 is 0 Å². The van der Waals surface area contributed by atoms with Crippen molar-refractivity contribution in [2.45, 2.75) is 39.2 Å². The molecule has 1 aliphatic carbocycles. The maximum Gasteiger partial charge on any atom is 0.257 e. The first-order valence-corrected chi connectivity index (χ1v) is 7.34. The fourth-order valence-corrected chi connectivity index (χ4v) is 2.44. The van der Waals surface area contributed by atoms with Crippen molar-refractivity contribution in [3.05, 3.63) is 29.3 Å². The van der Waals surface area contributed by atoms with Gasteiger partial charge in [-0.1, -0.05) is 19.9 Å². The number of hydrogen-bond acceptors (Lipinski definition) is 3. The average Bonchev–Trinajstić information content (AvgIpc) is 2.43. The van der Waals surface area contributed by atoms with Gasteiger partial charge in [-0.25, -0.2) is 0 Å². The number of hydrogen-bond donors (Lipinski definition) is 2. The molecule has 0 aromatic heterocycles. The van der Waals surface area contributed by atoms with E-state index in [0.29, 0.717) is 12.5 Å². The van der Waals surface area contributed by atoms with E-state index in [0.717, 1.165) is 25.0 Å². The van der Waals surface area contributed by atoms with Crippen LogP contribution in [0.25, 0.3) is 0 Å². The van der Waals surface area contributed by atoms with Crippen LogP contribution in [0.2, 0.25) is 0 Å². The molecule has 0 bridgehead atoms. The van der Waals surface area contributed by atoms with Crippen LogP contribution in [0, 0.1) is 5.92 Å². The van der Waals surface area contributed by atoms with E-state index >= 15 is 0 Å². The van der Waals surface area contributed by atoms with Gasteiger partial charge < -0.3 is 15.8 Å². The largest absolute Gasteiger partial charge is 0.484 e. The standard InChI is InChI=1S/C16H24N2O2/c1-11(2)9-18-16(19)10-20-13-6-7-14-12(8-13)4-3-5-15(14)17/h6-8,11,15H,3-5,9-10,17H2,1-2H3,(H,18,19). The first-order valence-electron chi connectivity index (χ1n) is 7.34. The maximum absolute atomic E-state index is 11.6. The lowest BCUT2D eigenvalue weighted by Crippen LogP contribution is -2.31. The molecule has 4 heteroatoms. The molecular weight excluding hydrogens is 252 g/mol. The SMILES string of the molecule is CC(C)CNC(=O)COc1ccc2c(c1)CCCC2N. The summed E-state index contributed by atoms with van der Waals surface area (Å²) in [6.07, 6.45) is 3.21. The lowest BCUT2D eigenvalue weighted by Gasteiger charge is -2.22. The monoisotopic (exact) mass is 276 g/mol. The van der Waals surface area contributed by atoms with Crippen molar-refractivity contribution in [2.24, 2.45) is 11.7 Å². The number of benzene rings is 1. The van der Waals surface area contributed by atoms with Crippen LogP contribution in [0.3, 0.4) is 0 Å². The highest BCUT2D eigenvalue weighted by molar-refractivity contribution is 5.77. The van der Waals surface area contributed by atoms with E-state index in [9.17, 15) is 4.79 Å². The zero-order valence-corrected chi connectivity index (χ0v) is 12.3. The molecule has 20 heavy (non-hydrogen) atoms. The Labute approximate surface area is 120 Å². The Morgan fingerprint density at radius 3 is 3.05 bits per heavy atom. The number of carbonyl (C=O) groups is 1. The van der Waals surface area contributed by atoms with Gasteiger partial charge in [0.05, 0.1) is 0 Å². The topological polar surface area (TPSA) is 64.3 Å². The number of rotatable bonds is 5. The van der Waals surface area contributed by atoms with Gasteiger partial charge in [0.15, 0.2) is 6.61 Å². The summed E-state index contributed by atoms with van der Waals surface area (Å²) in [6.45, 7) is 4.88. The number of nitrogens with one attached hydrogen (secondary N) is 1.